The first-order valence-electron chi connectivity index (χ1n) is 6.17. The molecule has 0 spiro atoms. The van der Waals surface area contributed by atoms with Crippen molar-refractivity contribution < 1.29 is 13.9 Å². The van der Waals surface area contributed by atoms with Crippen LogP contribution in [0.25, 0.3) is 0 Å². The first kappa shape index (κ1) is 13.0. The molecule has 0 N–H and O–H groups in total. The third-order valence-corrected chi connectivity index (χ3v) is 3.05. The Kier molecular flexibility index (Phi) is 4.29. The summed E-state index contributed by atoms with van der Waals surface area (Å²) in [6.07, 6.45) is 1.67. The number of nitrogens with zero attached hydrogens (tertiary/aromatic N) is 1. The molecular formula is C14H16FNO2. The van der Waals surface area contributed by atoms with E-state index in [2.05, 4.69) is 6.92 Å². The Labute approximate surface area is 106 Å². The molecule has 1 heterocycles. The number of halogens is 1. The quantitative estimate of drug-likeness (QED) is 0.826. The van der Waals surface area contributed by atoms with Crippen LogP contribution in [-0.2, 0) is 9.47 Å². The van der Waals surface area contributed by atoms with Gasteiger partial charge in [-0.3, -0.25) is 0 Å². The van der Waals surface area contributed by atoms with Crippen molar-refractivity contribution in [3.8, 4) is 6.07 Å². The summed E-state index contributed by atoms with van der Waals surface area (Å²) in [5, 5.41) is 8.66. The van der Waals surface area contributed by atoms with Crippen molar-refractivity contribution in [3.63, 3.8) is 0 Å². The van der Waals surface area contributed by atoms with Crippen molar-refractivity contribution in [2.45, 2.75) is 26.1 Å². The summed E-state index contributed by atoms with van der Waals surface area (Å²) >= 11 is 0. The molecular weight excluding hydrogens is 233 g/mol. The van der Waals surface area contributed by atoms with Crippen molar-refractivity contribution in [2.75, 3.05) is 13.2 Å². The van der Waals surface area contributed by atoms with Crippen LogP contribution in [0.3, 0.4) is 0 Å². The number of hydrogen-bond donors (Lipinski definition) is 0. The number of benzene rings is 1. The van der Waals surface area contributed by atoms with Crippen LogP contribution in [0.1, 0.15) is 37.2 Å². The van der Waals surface area contributed by atoms with Crippen LogP contribution in [0.2, 0.25) is 0 Å². The van der Waals surface area contributed by atoms with Crippen LogP contribution in [0.15, 0.2) is 18.2 Å². The maximum absolute atomic E-state index is 13.5. The zero-order valence-corrected chi connectivity index (χ0v) is 10.4. The molecule has 18 heavy (non-hydrogen) atoms. The second-order valence-electron chi connectivity index (χ2n) is 4.50. The van der Waals surface area contributed by atoms with E-state index < -0.39 is 12.1 Å². The van der Waals surface area contributed by atoms with Gasteiger partial charge < -0.3 is 9.47 Å². The zero-order valence-electron chi connectivity index (χ0n) is 10.4. The molecule has 0 aliphatic carbocycles. The maximum Gasteiger partial charge on any atom is 0.183 e. The van der Waals surface area contributed by atoms with Gasteiger partial charge in [0.25, 0.3) is 0 Å². The Morgan fingerprint density at radius 2 is 2.11 bits per heavy atom. The average molecular weight is 249 g/mol. The van der Waals surface area contributed by atoms with Crippen LogP contribution in [0.5, 0.6) is 0 Å². The van der Waals surface area contributed by atoms with E-state index in [0.717, 1.165) is 12.8 Å². The van der Waals surface area contributed by atoms with Gasteiger partial charge in [-0.05, 0) is 18.6 Å². The molecule has 1 fully saturated rings. The lowest BCUT2D eigenvalue weighted by molar-refractivity contribution is -0.206. The molecule has 1 aromatic carbocycles. The lowest BCUT2D eigenvalue weighted by Crippen LogP contribution is -2.27. The van der Waals surface area contributed by atoms with E-state index in [0.29, 0.717) is 24.7 Å². The van der Waals surface area contributed by atoms with Crippen LogP contribution in [0.4, 0.5) is 4.39 Å². The van der Waals surface area contributed by atoms with Crippen molar-refractivity contribution in [3.05, 3.63) is 35.1 Å². The summed E-state index contributed by atoms with van der Waals surface area (Å²) in [6.45, 7) is 3.41. The van der Waals surface area contributed by atoms with E-state index >= 15 is 0 Å². The molecule has 0 amide bonds. The van der Waals surface area contributed by atoms with Gasteiger partial charge in [-0.25, -0.2) is 4.39 Å². The van der Waals surface area contributed by atoms with Gasteiger partial charge in [0.05, 0.1) is 18.8 Å². The summed E-state index contributed by atoms with van der Waals surface area (Å²) in [6, 6.07) is 6.23. The van der Waals surface area contributed by atoms with Crippen molar-refractivity contribution in [1.82, 2.24) is 0 Å². The third kappa shape index (κ3) is 2.87. The molecule has 3 nitrogen and oxygen atoms in total. The molecule has 0 unspecified atom stereocenters. The predicted octanol–water partition coefficient (Wildman–Crippen LogP) is 3.16. The second kappa shape index (κ2) is 5.94. The third-order valence-electron chi connectivity index (χ3n) is 3.05. The highest BCUT2D eigenvalue weighted by molar-refractivity contribution is 5.33. The molecule has 1 saturated heterocycles. The topological polar surface area (TPSA) is 42.2 Å². The minimum absolute atomic E-state index is 0.0402. The molecule has 0 atom stereocenters. The largest absolute Gasteiger partial charge is 0.348 e. The Morgan fingerprint density at radius 1 is 1.39 bits per heavy atom. The number of hydrogen-bond acceptors (Lipinski definition) is 3. The Bertz CT molecular complexity index is 448. The van der Waals surface area contributed by atoms with E-state index in [4.69, 9.17) is 14.7 Å². The first-order valence-corrected chi connectivity index (χ1v) is 6.17. The highest BCUT2D eigenvalue weighted by Gasteiger charge is 2.23. The standard InChI is InChI=1S/C14H16FNO2/c1-2-3-10-8-17-14(18-9-10)11-4-5-12(7-16)13(15)6-11/h4-6,10,14H,2-3,8-9H2,1H3. The molecule has 1 aliphatic heterocycles. The van der Waals surface area contributed by atoms with Gasteiger partial charge >= 0.3 is 0 Å². The Morgan fingerprint density at radius 3 is 2.67 bits per heavy atom. The SMILES string of the molecule is CCCC1COC(c2ccc(C#N)c(F)c2)OC1. The summed E-state index contributed by atoms with van der Waals surface area (Å²) in [5.41, 5.74) is 0.667. The Hall–Kier alpha value is -1.44. The molecule has 0 aromatic heterocycles. The first-order chi connectivity index (χ1) is 8.74. The van der Waals surface area contributed by atoms with E-state index in [9.17, 15) is 4.39 Å². The van der Waals surface area contributed by atoms with E-state index in [1.165, 1.54) is 12.1 Å². The van der Waals surface area contributed by atoms with Crippen molar-refractivity contribution >= 4 is 0 Å². The normalized spacial score (nSPS) is 23.6. The molecule has 2 rings (SSSR count). The van der Waals surface area contributed by atoms with E-state index in [-0.39, 0.29) is 5.56 Å². The maximum atomic E-state index is 13.5. The molecule has 4 heteroatoms. The van der Waals surface area contributed by atoms with Crippen LogP contribution in [0, 0.1) is 23.1 Å². The van der Waals surface area contributed by atoms with Gasteiger partial charge in [0.15, 0.2) is 6.29 Å². The second-order valence-corrected chi connectivity index (χ2v) is 4.50. The van der Waals surface area contributed by atoms with Gasteiger partial charge in [-0.1, -0.05) is 19.4 Å². The van der Waals surface area contributed by atoms with Crippen molar-refractivity contribution in [2.24, 2.45) is 5.92 Å². The fourth-order valence-corrected chi connectivity index (χ4v) is 2.08. The van der Waals surface area contributed by atoms with E-state index in [1.54, 1.807) is 12.1 Å². The Balaban J connectivity index is 2.02. The minimum Gasteiger partial charge on any atom is -0.348 e. The van der Waals surface area contributed by atoms with Crippen LogP contribution >= 0.6 is 0 Å². The number of nitriles is 1. The van der Waals surface area contributed by atoms with Gasteiger partial charge in [0, 0.05) is 11.5 Å². The fraction of sp³-hybridized carbons (Fsp3) is 0.500. The van der Waals surface area contributed by atoms with Crippen LogP contribution < -0.4 is 0 Å². The number of rotatable bonds is 3. The van der Waals surface area contributed by atoms with Gasteiger partial charge in [-0.2, -0.15) is 5.26 Å². The fourth-order valence-electron chi connectivity index (χ4n) is 2.08. The van der Waals surface area contributed by atoms with Crippen LogP contribution in [-0.4, -0.2) is 13.2 Å². The minimum atomic E-state index is -0.530. The molecule has 1 aliphatic rings. The van der Waals surface area contributed by atoms with Gasteiger partial charge in [0.1, 0.15) is 11.9 Å². The molecule has 96 valence electrons. The molecule has 0 saturated carbocycles. The summed E-state index contributed by atoms with van der Waals surface area (Å²) in [4.78, 5) is 0. The highest BCUT2D eigenvalue weighted by Crippen LogP contribution is 2.27. The average Bonchev–Trinajstić information content (AvgIpc) is 2.40. The smallest absolute Gasteiger partial charge is 0.183 e. The van der Waals surface area contributed by atoms with Gasteiger partial charge in [-0.15, -0.1) is 0 Å². The molecule has 0 radical (unpaired) electrons. The zero-order chi connectivity index (χ0) is 13.0. The summed E-state index contributed by atoms with van der Waals surface area (Å²) in [7, 11) is 0. The number of ether oxygens (including phenoxy) is 2. The van der Waals surface area contributed by atoms with Gasteiger partial charge in [0.2, 0.25) is 0 Å². The monoisotopic (exact) mass is 249 g/mol. The summed E-state index contributed by atoms with van der Waals surface area (Å²) < 4.78 is 24.6. The van der Waals surface area contributed by atoms with Crippen molar-refractivity contribution in [1.29, 1.82) is 5.26 Å². The van der Waals surface area contributed by atoms with E-state index in [1.807, 2.05) is 0 Å². The predicted molar refractivity (Wildman–Crippen MR) is 64.2 cm³/mol. The molecule has 1 aromatic rings. The lowest BCUT2D eigenvalue weighted by Gasteiger charge is -2.29. The summed E-state index contributed by atoms with van der Waals surface area (Å²) in [5.74, 6) is -0.104. The highest BCUT2D eigenvalue weighted by atomic mass is 19.1. The molecule has 0 bridgehead atoms. The lowest BCUT2D eigenvalue weighted by atomic mass is 10.0.